The lowest BCUT2D eigenvalue weighted by Gasteiger charge is -2.19. The van der Waals surface area contributed by atoms with E-state index in [1.54, 1.807) is 11.3 Å². The van der Waals surface area contributed by atoms with Crippen molar-refractivity contribution < 1.29 is 4.79 Å². The molecule has 0 radical (unpaired) electrons. The first-order chi connectivity index (χ1) is 9.76. The predicted octanol–water partition coefficient (Wildman–Crippen LogP) is 1.71. The maximum absolute atomic E-state index is 12.1. The number of carbonyl (C=O) groups excluding carboxylic acids is 1. The molecule has 2 heterocycles. The van der Waals surface area contributed by atoms with Crippen LogP contribution in [0.25, 0.3) is 0 Å². The van der Waals surface area contributed by atoms with E-state index in [4.69, 9.17) is 0 Å². The third-order valence-electron chi connectivity index (χ3n) is 3.78. The number of aromatic amines is 1. The minimum absolute atomic E-state index is 0.0535. The third kappa shape index (κ3) is 2.72. The highest BCUT2D eigenvalue weighted by atomic mass is 32.1. The van der Waals surface area contributed by atoms with Gasteiger partial charge in [-0.2, -0.15) is 5.21 Å². The summed E-state index contributed by atoms with van der Waals surface area (Å²) in [4.78, 5) is 14.3. The molecular formula is C13H17N5OS. The molecule has 2 aromatic rings. The van der Waals surface area contributed by atoms with Gasteiger partial charge in [0, 0.05) is 4.88 Å². The van der Waals surface area contributed by atoms with Gasteiger partial charge in [-0.15, -0.1) is 21.5 Å². The topological polar surface area (TPSA) is 83.6 Å². The number of hydrogen-bond acceptors (Lipinski definition) is 5. The van der Waals surface area contributed by atoms with Crippen molar-refractivity contribution in [3.8, 4) is 0 Å². The lowest BCUT2D eigenvalue weighted by atomic mass is 9.87. The smallest absolute Gasteiger partial charge is 0.261 e. The van der Waals surface area contributed by atoms with Crippen LogP contribution in [0.3, 0.4) is 0 Å². The van der Waals surface area contributed by atoms with Gasteiger partial charge in [0.05, 0.1) is 11.4 Å². The Labute approximate surface area is 121 Å². The molecule has 0 saturated heterocycles. The van der Waals surface area contributed by atoms with Crippen LogP contribution in [-0.4, -0.2) is 26.5 Å². The average molecular weight is 291 g/mol. The van der Waals surface area contributed by atoms with E-state index in [-0.39, 0.29) is 5.91 Å². The second-order valence-corrected chi connectivity index (χ2v) is 6.22. The monoisotopic (exact) mass is 291 g/mol. The minimum Gasteiger partial charge on any atom is -0.344 e. The van der Waals surface area contributed by atoms with Crippen molar-refractivity contribution in [3.05, 3.63) is 27.2 Å². The van der Waals surface area contributed by atoms with Crippen LogP contribution < -0.4 is 5.32 Å². The fourth-order valence-electron chi connectivity index (χ4n) is 2.56. The van der Waals surface area contributed by atoms with Crippen molar-refractivity contribution in [2.75, 3.05) is 0 Å². The number of aryl methyl sites for hydroxylation is 1. The number of nitrogens with zero attached hydrogens (tertiary/aromatic N) is 3. The Morgan fingerprint density at radius 3 is 3.25 bits per heavy atom. The molecule has 1 aliphatic carbocycles. The van der Waals surface area contributed by atoms with E-state index >= 15 is 0 Å². The van der Waals surface area contributed by atoms with E-state index in [1.807, 2.05) is 6.07 Å². The van der Waals surface area contributed by atoms with Crippen LogP contribution >= 0.6 is 11.3 Å². The largest absolute Gasteiger partial charge is 0.344 e. The van der Waals surface area contributed by atoms with Gasteiger partial charge in [-0.3, -0.25) is 4.79 Å². The van der Waals surface area contributed by atoms with Crippen LogP contribution in [0.4, 0.5) is 0 Å². The maximum atomic E-state index is 12.1. The average Bonchev–Trinajstić information content (AvgIpc) is 3.12. The molecule has 3 rings (SSSR count). The number of nitrogens with one attached hydrogen (secondary N) is 2. The number of fused-ring (bicyclic) bond motifs is 1. The highest BCUT2D eigenvalue weighted by molar-refractivity contribution is 7.14. The Morgan fingerprint density at radius 1 is 1.60 bits per heavy atom. The van der Waals surface area contributed by atoms with Gasteiger partial charge in [0.15, 0.2) is 5.82 Å². The van der Waals surface area contributed by atoms with E-state index in [1.165, 1.54) is 23.3 Å². The number of amides is 1. The van der Waals surface area contributed by atoms with Crippen molar-refractivity contribution in [2.45, 2.75) is 39.2 Å². The molecule has 2 aromatic heterocycles. The normalized spacial score (nSPS) is 17.8. The summed E-state index contributed by atoms with van der Waals surface area (Å²) >= 11 is 1.62. The molecule has 0 saturated carbocycles. The van der Waals surface area contributed by atoms with Crippen LogP contribution in [0.15, 0.2) is 6.07 Å². The summed E-state index contributed by atoms with van der Waals surface area (Å²) in [5.41, 5.74) is 1.36. The van der Waals surface area contributed by atoms with E-state index in [9.17, 15) is 4.79 Å². The van der Waals surface area contributed by atoms with Crippen molar-refractivity contribution in [1.82, 2.24) is 25.9 Å². The molecular weight excluding hydrogens is 274 g/mol. The number of H-pyrrole nitrogens is 1. The van der Waals surface area contributed by atoms with Gasteiger partial charge in [-0.1, -0.05) is 18.6 Å². The molecule has 0 fully saturated rings. The van der Waals surface area contributed by atoms with Crippen molar-refractivity contribution in [2.24, 2.45) is 5.92 Å². The van der Waals surface area contributed by atoms with Crippen molar-refractivity contribution in [3.63, 3.8) is 0 Å². The molecule has 7 heteroatoms. The first kappa shape index (κ1) is 13.2. The molecule has 0 aromatic carbocycles. The SMILES string of the molecule is CCC1CCc2sc(C(=O)NCc3nn[nH]n3)cc2C1. The van der Waals surface area contributed by atoms with Gasteiger partial charge in [-0.05, 0) is 36.8 Å². The standard InChI is InChI=1S/C13H17N5OS/c1-2-8-3-4-10-9(5-8)6-11(20-10)13(19)14-7-12-15-17-18-16-12/h6,8H,2-5,7H2,1H3,(H,14,19)(H,15,16,17,18). The molecule has 0 spiro atoms. The van der Waals surface area contributed by atoms with E-state index in [0.29, 0.717) is 12.4 Å². The quantitative estimate of drug-likeness (QED) is 0.898. The van der Waals surface area contributed by atoms with Gasteiger partial charge in [0.25, 0.3) is 5.91 Å². The van der Waals surface area contributed by atoms with Gasteiger partial charge in [0.2, 0.25) is 0 Å². The van der Waals surface area contributed by atoms with Crippen LogP contribution in [0.5, 0.6) is 0 Å². The van der Waals surface area contributed by atoms with Crippen LogP contribution in [0.2, 0.25) is 0 Å². The second kappa shape index (κ2) is 5.70. The summed E-state index contributed by atoms with van der Waals surface area (Å²) in [5, 5.41) is 16.3. The first-order valence-electron chi connectivity index (χ1n) is 6.88. The van der Waals surface area contributed by atoms with Crippen molar-refractivity contribution >= 4 is 17.2 Å². The van der Waals surface area contributed by atoms with Crippen LogP contribution in [-0.2, 0) is 19.4 Å². The number of aromatic nitrogens is 4. The number of carbonyl (C=O) groups is 1. The van der Waals surface area contributed by atoms with Gasteiger partial charge >= 0.3 is 0 Å². The number of hydrogen-bond donors (Lipinski definition) is 2. The molecule has 1 atom stereocenters. The molecule has 106 valence electrons. The van der Waals surface area contributed by atoms with Crippen LogP contribution in [0.1, 0.15) is 45.7 Å². The molecule has 1 amide bonds. The number of thiophene rings is 1. The Kier molecular flexibility index (Phi) is 3.77. The lowest BCUT2D eigenvalue weighted by Crippen LogP contribution is -2.22. The molecule has 6 nitrogen and oxygen atoms in total. The lowest BCUT2D eigenvalue weighted by molar-refractivity contribution is 0.0954. The molecule has 1 unspecified atom stereocenters. The highest BCUT2D eigenvalue weighted by Gasteiger charge is 2.22. The minimum atomic E-state index is -0.0535. The number of rotatable bonds is 4. The van der Waals surface area contributed by atoms with Gasteiger partial charge in [0.1, 0.15) is 0 Å². The molecule has 2 N–H and O–H groups in total. The maximum Gasteiger partial charge on any atom is 0.261 e. The Bertz CT molecular complexity index is 592. The molecule has 20 heavy (non-hydrogen) atoms. The highest BCUT2D eigenvalue weighted by Crippen LogP contribution is 2.33. The first-order valence-corrected chi connectivity index (χ1v) is 7.70. The van der Waals surface area contributed by atoms with Crippen LogP contribution in [0, 0.1) is 5.92 Å². The molecule has 0 bridgehead atoms. The summed E-state index contributed by atoms with van der Waals surface area (Å²) in [6.45, 7) is 2.54. The zero-order chi connectivity index (χ0) is 13.9. The Hall–Kier alpha value is -1.76. The van der Waals surface area contributed by atoms with E-state index in [0.717, 1.165) is 23.6 Å². The summed E-state index contributed by atoms with van der Waals surface area (Å²) in [6.07, 6.45) is 4.68. The summed E-state index contributed by atoms with van der Waals surface area (Å²) in [5.74, 6) is 1.21. The van der Waals surface area contributed by atoms with Gasteiger partial charge < -0.3 is 5.32 Å². The molecule has 0 aliphatic heterocycles. The zero-order valence-corrected chi connectivity index (χ0v) is 12.2. The summed E-state index contributed by atoms with van der Waals surface area (Å²) in [7, 11) is 0. The summed E-state index contributed by atoms with van der Waals surface area (Å²) in [6, 6.07) is 2.05. The summed E-state index contributed by atoms with van der Waals surface area (Å²) < 4.78 is 0. The van der Waals surface area contributed by atoms with Gasteiger partial charge in [-0.25, -0.2) is 0 Å². The molecule has 1 aliphatic rings. The second-order valence-electron chi connectivity index (χ2n) is 5.09. The predicted molar refractivity (Wildman–Crippen MR) is 75.5 cm³/mol. The zero-order valence-electron chi connectivity index (χ0n) is 11.3. The fraction of sp³-hybridized carbons (Fsp3) is 0.538. The third-order valence-corrected chi connectivity index (χ3v) is 5.02. The fourth-order valence-corrected chi connectivity index (χ4v) is 3.69. The van der Waals surface area contributed by atoms with E-state index in [2.05, 4.69) is 32.9 Å². The van der Waals surface area contributed by atoms with E-state index < -0.39 is 0 Å². The Morgan fingerprint density at radius 2 is 2.50 bits per heavy atom. The number of tetrazole rings is 1. The van der Waals surface area contributed by atoms with Crippen molar-refractivity contribution in [1.29, 1.82) is 0 Å². The Balaban J connectivity index is 1.65.